The van der Waals surface area contributed by atoms with Crippen LogP contribution in [0.25, 0.3) is 0 Å². The standard InChI is InChI=1S/C18H20Cl2N4O3/c1-12-11-15(27-22-12)18(26)24-9-7-23(8-10-24)6-5-16(25)21-17-13(19)3-2-4-14(17)20/h2-4,11H,5-10H2,1H3,(H,21,25). The summed E-state index contributed by atoms with van der Waals surface area (Å²) in [6, 6.07) is 6.71. The average molecular weight is 411 g/mol. The Morgan fingerprint density at radius 3 is 2.44 bits per heavy atom. The molecular weight excluding hydrogens is 391 g/mol. The van der Waals surface area contributed by atoms with E-state index in [0.29, 0.717) is 60.6 Å². The number of anilines is 1. The number of amides is 2. The van der Waals surface area contributed by atoms with Crippen molar-refractivity contribution < 1.29 is 14.1 Å². The molecule has 0 spiro atoms. The summed E-state index contributed by atoms with van der Waals surface area (Å²) in [5, 5.41) is 7.32. The van der Waals surface area contributed by atoms with Crippen LogP contribution in [0, 0.1) is 6.92 Å². The molecule has 1 aliphatic heterocycles. The van der Waals surface area contributed by atoms with Gasteiger partial charge in [0.2, 0.25) is 11.7 Å². The lowest BCUT2D eigenvalue weighted by molar-refractivity contribution is -0.116. The van der Waals surface area contributed by atoms with Crippen LogP contribution < -0.4 is 5.32 Å². The van der Waals surface area contributed by atoms with Crippen molar-refractivity contribution in [2.75, 3.05) is 38.0 Å². The number of piperazine rings is 1. The van der Waals surface area contributed by atoms with Gasteiger partial charge < -0.3 is 14.7 Å². The summed E-state index contributed by atoms with van der Waals surface area (Å²) in [7, 11) is 0. The van der Waals surface area contributed by atoms with Crippen molar-refractivity contribution in [3.8, 4) is 0 Å². The van der Waals surface area contributed by atoms with Gasteiger partial charge in [0, 0.05) is 45.2 Å². The minimum absolute atomic E-state index is 0.152. The molecule has 1 aliphatic rings. The predicted octanol–water partition coefficient (Wildman–Crippen LogP) is 3.08. The number of hydrogen-bond acceptors (Lipinski definition) is 5. The Hall–Kier alpha value is -2.09. The molecule has 1 aromatic heterocycles. The van der Waals surface area contributed by atoms with E-state index in [-0.39, 0.29) is 17.6 Å². The molecule has 2 aromatic rings. The summed E-state index contributed by atoms with van der Waals surface area (Å²) in [4.78, 5) is 28.4. The molecule has 3 rings (SSSR count). The number of carbonyl (C=O) groups is 2. The number of hydrogen-bond donors (Lipinski definition) is 1. The van der Waals surface area contributed by atoms with Crippen molar-refractivity contribution in [3.05, 3.63) is 45.8 Å². The topological polar surface area (TPSA) is 78.7 Å². The van der Waals surface area contributed by atoms with Gasteiger partial charge in [-0.1, -0.05) is 34.4 Å². The third kappa shape index (κ3) is 5.00. The number of benzene rings is 1. The number of carbonyl (C=O) groups excluding carboxylic acids is 2. The quantitative estimate of drug-likeness (QED) is 0.818. The lowest BCUT2D eigenvalue weighted by Crippen LogP contribution is -2.49. The molecule has 1 N–H and O–H groups in total. The van der Waals surface area contributed by atoms with E-state index in [2.05, 4.69) is 15.4 Å². The van der Waals surface area contributed by atoms with E-state index in [9.17, 15) is 9.59 Å². The van der Waals surface area contributed by atoms with Crippen molar-refractivity contribution in [3.63, 3.8) is 0 Å². The zero-order valence-corrected chi connectivity index (χ0v) is 16.4. The molecule has 27 heavy (non-hydrogen) atoms. The Morgan fingerprint density at radius 2 is 1.85 bits per heavy atom. The fourth-order valence-electron chi connectivity index (χ4n) is 2.87. The van der Waals surface area contributed by atoms with Crippen LogP contribution in [0.4, 0.5) is 5.69 Å². The number of halogens is 2. The van der Waals surface area contributed by atoms with Gasteiger partial charge in [-0.2, -0.15) is 0 Å². The Kier molecular flexibility index (Phi) is 6.36. The van der Waals surface area contributed by atoms with E-state index in [1.807, 2.05) is 0 Å². The van der Waals surface area contributed by atoms with E-state index in [1.165, 1.54) is 0 Å². The van der Waals surface area contributed by atoms with Gasteiger partial charge in [-0.3, -0.25) is 14.5 Å². The molecule has 0 aliphatic carbocycles. The Labute approximate surface area is 167 Å². The first kappa shape index (κ1) is 19.7. The van der Waals surface area contributed by atoms with Gasteiger partial charge >= 0.3 is 0 Å². The number of nitrogens with one attached hydrogen (secondary N) is 1. The van der Waals surface area contributed by atoms with E-state index in [0.717, 1.165) is 0 Å². The van der Waals surface area contributed by atoms with Crippen molar-refractivity contribution in [2.24, 2.45) is 0 Å². The van der Waals surface area contributed by atoms with Crippen LogP contribution in [0.2, 0.25) is 10.0 Å². The molecule has 1 saturated heterocycles. The number of aromatic nitrogens is 1. The summed E-state index contributed by atoms with van der Waals surface area (Å²) in [5.41, 5.74) is 1.12. The molecule has 0 atom stereocenters. The lowest BCUT2D eigenvalue weighted by Gasteiger charge is -2.34. The highest BCUT2D eigenvalue weighted by Crippen LogP contribution is 2.29. The minimum atomic E-state index is -0.152. The van der Waals surface area contributed by atoms with Crippen molar-refractivity contribution in [1.29, 1.82) is 0 Å². The van der Waals surface area contributed by atoms with E-state index in [1.54, 1.807) is 36.1 Å². The number of para-hydroxylation sites is 1. The Balaban J connectivity index is 1.44. The molecule has 0 radical (unpaired) electrons. The molecule has 1 aromatic carbocycles. The fraction of sp³-hybridized carbons (Fsp3) is 0.389. The smallest absolute Gasteiger partial charge is 0.292 e. The van der Waals surface area contributed by atoms with Crippen LogP contribution in [0.3, 0.4) is 0 Å². The van der Waals surface area contributed by atoms with Crippen molar-refractivity contribution in [2.45, 2.75) is 13.3 Å². The summed E-state index contributed by atoms with van der Waals surface area (Å²) in [6.45, 7) is 4.92. The third-order valence-corrected chi connectivity index (χ3v) is 5.01. The van der Waals surface area contributed by atoms with Gasteiger partial charge in [0.1, 0.15) is 0 Å². The van der Waals surface area contributed by atoms with Gasteiger partial charge in [0.05, 0.1) is 21.4 Å². The monoisotopic (exact) mass is 410 g/mol. The highest BCUT2D eigenvalue weighted by molar-refractivity contribution is 6.39. The molecule has 144 valence electrons. The maximum absolute atomic E-state index is 12.3. The maximum atomic E-state index is 12.3. The fourth-order valence-corrected chi connectivity index (χ4v) is 3.37. The van der Waals surface area contributed by atoms with E-state index < -0.39 is 0 Å². The van der Waals surface area contributed by atoms with Gasteiger partial charge in [-0.05, 0) is 19.1 Å². The maximum Gasteiger partial charge on any atom is 0.292 e. The van der Waals surface area contributed by atoms with Gasteiger partial charge in [-0.15, -0.1) is 0 Å². The molecule has 2 heterocycles. The zero-order chi connectivity index (χ0) is 19.4. The second kappa shape index (κ2) is 8.73. The molecule has 1 fully saturated rings. The third-order valence-electron chi connectivity index (χ3n) is 4.38. The summed E-state index contributed by atoms with van der Waals surface area (Å²) in [6.07, 6.45) is 0.316. The molecule has 0 unspecified atom stereocenters. The van der Waals surface area contributed by atoms with Gasteiger partial charge in [0.15, 0.2) is 0 Å². The largest absolute Gasteiger partial charge is 0.351 e. The number of nitrogens with zero attached hydrogens (tertiary/aromatic N) is 3. The van der Waals surface area contributed by atoms with Crippen LogP contribution in [0.15, 0.2) is 28.8 Å². The normalized spacial score (nSPS) is 15.0. The second-order valence-electron chi connectivity index (χ2n) is 6.36. The molecule has 9 heteroatoms. The SMILES string of the molecule is Cc1cc(C(=O)N2CCN(CCC(=O)Nc3c(Cl)cccc3Cl)CC2)on1. The van der Waals surface area contributed by atoms with E-state index in [4.69, 9.17) is 27.7 Å². The zero-order valence-electron chi connectivity index (χ0n) is 14.9. The molecule has 0 bridgehead atoms. The van der Waals surface area contributed by atoms with Crippen molar-refractivity contribution >= 4 is 40.7 Å². The lowest BCUT2D eigenvalue weighted by atomic mass is 10.2. The highest BCUT2D eigenvalue weighted by Gasteiger charge is 2.24. The van der Waals surface area contributed by atoms with Crippen LogP contribution in [-0.4, -0.2) is 59.5 Å². The molecule has 0 saturated carbocycles. The molecule has 2 amide bonds. The van der Waals surface area contributed by atoms with Crippen LogP contribution in [0.5, 0.6) is 0 Å². The number of rotatable bonds is 5. The Bertz CT molecular complexity index is 812. The first-order valence-electron chi connectivity index (χ1n) is 8.63. The first-order chi connectivity index (χ1) is 12.9. The first-order valence-corrected chi connectivity index (χ1v) is 9.38. The van der Waals surface area contributed by atoms with Crippen molar-refractivity contribution in [1.82, 2.24) is 15.0 Å². The van der Waals surface area contributed by atoms with Crippen LogP contribution in [-0.2, 0) is 4.79 Å². The second-order valence-corrected chi connectivity index (χ2v) is 7.18. The van der Waals surface area contributed by atoms with E-state index >= 15 is 0 Å². The molecule has 7 nitrogen and oxygen atoms in total. The summed E-state index contributed by atoms with van der Waals surface area (Å²) < 4.78 is 5.03. The van der Waals surface area contributed by atoms with Crippen LogP contribution in [0.1, 0.15) is 22.7 Å². The highest BCUT2D eigenvalue weighted by atomic mass is 35.5. The van der Waals surface area contributed by atoms with Gasteiger partial charge in [-0.25, -0.2) is 0 Å². The average Bonchev–Trinajstić information content (AvgIpc) is 3.09. The summed E-state index contributed by atoms with van der Waals surface area (Å²) in [5.74, 6) is -0.0426. The predicted molar refractivity (Wildman–Crippen MR) is 103 cm³/mol. The number of aryl methyl sites for hydroxylation is 1. The Morgan fingerprint density at radius 1 is 1.19 bits per heavy atom. The summed E-state index contributed by atoms with van der Waals surface area (Å²) >= 11 is 12.1. The van der Waals surface area contributed by atoms with Gasteiger partial charge in [0.25, 0.3) is 5.91 Å². The molecular formula is C18H20Cl2N4O3. The minimum Gasteiger partial charge on any atom is -0.351 e. The van der Waals surface area contributed by atoms with Crippen LogP contribution >= 0.6 is 23.2 Å².